The summed E-state index contributed by atoms with van der Waals surface area (Å²) in [5.41, 5.74) is 2.47. The van der Waals surface area contributed by atoms with Gasteiger partial charge in [-0.3, -0.25) is 4.79 Å². The first-order chi connectivity index (χ1) is 12.7. The summed E-state index contributed by atoms with van der Waals surface area (Å²) in [5, 5.41) is 9.64. The van der Waals surface area contributed by atoms with E-state index in [2.05, 4.69) is 58.7 Å². The van der Waals surface area contributed by atoms with E-state index >= 15 is 0 Å². The molecular formula is C20H23N5O2. The van der Waals surface area contributed by atoms with Crippen LogP contribution in [0.4, 0.5) is 17.3 Å². The smallest absolute Gasteiger partial charge is 0.275 e. The molecule has 0 fully saturated rings. The van der Waals surface area contributed by atoms with Crippen molar-refractivity contribution in [3.05, 3.63) is 59.2 Å². The fourth-order valence-electron chi connectivity index (χ4n) is 2.56. The van der Waals surface area contributed by atoms with E-state index in [-0.39, 0.29) is 17.0 Å². The Hall–Kier alpha value is -3.22. The lowest BCUT2D eigenvalue weighted by Gasteiger charge is -2.19. The number of anilines is 3. The maximum Gasteiger partial charge on any atom is 0.275 e. The van der Waals surface area contributed by atoms with Gasteiger partial charge in [-0.1, -0.05) is 38.1 Å². The molecule has 2 aromatic heterocycles. The zero-order chi connectivity index (χ0) is 19.6. The highest BCUT2D eigenvalue weighted by molar-refractivity contribution is 6.02. The summed E-state index contributed by atoms with van der Waals surface area (Å²) >= 11 is 0. The number of hydrogen-bond acceptors (Lipinski definition) is 6. The second kappa shape index (κ2) is 7.19. The highest BCUT2D eigenvalue weighted by Gasteiger charge is 2.14. The van der Waals surface area contributed by atoms with E-state index < -0.39 is 0 Å². The van der Waals surface area contributed by atoms with E-state index in [1.807, 2.05) is 12.1 Å². The third kappa shape index (κ3) is 4.69. The van der Waals surface area contributed by atoms with Crippen molar-refractivity contribution in [3.63, 3.8) is 0 Å². The van der Waals surface area contributed by atoms with Crippen molar-refractivity contribution in [2.75, 3.05) is 10.6 Å². The van der Waals surface area contributed by atoms with Gasteiger partial charge in [-0.2, -0.15) is 0 Å². The Morgan fingerprint density at radius 2 is 1.70 bits per heavy atom. The summed E-state index contributed by atoms with van der Waals surface area (Å²) in [7, 11) is 0. The molecule has 140 valence electrons. The van der Waals surface area contributed by atoms with E-state index in [0.717, 1.165) is 5.69 Å². The van der Waals surface area contributed by atoms with Gasteiger partial charge < -0.3 is 15.2 Å². The van der Waals surface area contributed by atoms with Crippen molar-refractivity contribution in [2.24, 2.45) is 0 Å². The Labute approximate surface area is 158 Å². The van der Waals surface area contributed by atoms with Crippen LogP contribution in [0, 0.1) is 13.8 Å². The van der Waals surface area contributed by atoms with Crippen LogP contribution in [-0.2, 0) is 5.41 Å². The quantitative estimate of drug-likeness (QED) is 0.713. The summed E-state index contributed by atoms with van der Waals surface area (Å²) in [6.45, 7) is 10.0. The molecule has 0 aliphatic rings. The number of amides is 1. The number of benzene rings is 1. The summed E-state index contributed by atoms with van der Waals surface area (Å²) in [6.07, 6.45) is 0. The molecule has 0 spiro atoms. The lowest BCUT2D eigenvalue weighted by atomic mass is 9.87. The van der Waals surface area contributed by atoms with Crippen LogP contribution in [0.3, 0.4) is 0 Å². The zero-order valence-electron chi connectivity index (χ0n) is 16.1. The number of nitrogens with one attached hydrogen (secondary N) is 2. The highest BCUT2D eigenvalue weighted by atomic mass is 16.5. The Morgan fingerprint density at radius 3 is 2.30 bits per heavy atom. The normalized spacial score (nSPS) is 11.3. The molecule has 7 nitrogen and oxygen atoms in total. The standard InChI is InChI=1S/C20H23N5O2/c1-12-10-18(25-27-12)24-19(26)16-11-17(22-13(2)21-16)23-15-8-6-14(7-9-15)20(3,4)5/h6-11H,1-5H3,(H,21,22,23)(H,24,25,26). The second-order valence-electron chi connectivity index (χ2n) is 7.41. The van der Waals surface area contributed by atoms with Crippen LogP contribution in [0.15, 0.2) is 40.9 Å². The lowest BCUT2D eigenvalue weighted by molar-refractivity contribution is 0.102. The van der Waals surface area contributed by atoms with Crippen molar-refractivity contribution >= 4 is 23.2 Å². The maximum atomic E-state index is 12.4. The van der Waals surface area contributed by atoms with Crippen molar-refractivity contribution in [3.8, 4) is 0 Å². The van der Waals surface area contributed by atoms with Crippen molar-refractivity contribution in [1.29, 1.82) is 0 Å². The summed E-state index contributed by atoms with van der Waals surface area (Å²) in [6, 6.07) is 11.4. The summed E-state index contributed by atoms with van der Waals surface area (Å²) in [5.74, 6) is 1.63. The Balaban J connectivity index is 1.77. The molecule has 1 aromatic carbocycles. The first kappa shape index (κ1) is 18.6. The molecule has 0 radical (unpaired) electrons. The van der Waals surface area contributed by atoms with Gasteiger partial charge in [0.1, 0.15) is 23.1 Å². The van der Waals surface area contributed by atoms with Crippen LogP contribution in [0.1, 0.15) is 48.4 Å². The molecule has 7 heteroatoms. The van der Waals surface area contributed by atoms with E-state index in [1.165, 1.54) is 5.56 Å². The molecule has 2 heterocycles. The molecule has 27 heavy (non-hydrogen) atoms. The number of aryl methyl sites for hydroxylation is 2. The number of hydrogen-bond donors (Lipinski definition) is 2. The first-order valence-corrected chi connectivity index (χ1v) is 8.68. The van der Waals surface area contributed by atoms with Gasteiger partial charge in [-0.25, -0.2) is 9.97 Å². The Kier molecular flexibility index (Phi) is 4.94. The van der Waals surface area contributed by atoms with E-state index in [0.29, 0.717) is 23.2 Å². The monoisotopic (exact) mass is 365 g/mol. The van der Waals surface area contributed by atoms with Crippen LogP contribution in [0.2, 0.25) is 0 Å². The minimum atomic E-state index is -0.375. The van der Waals surface area contributed by atoms with Gasteiger partial charge >= 0.3 is 0 Å². The van der Waals surface area contributed by atoms with Crippen LogP contribution >= 0.6 is 0 Å². The van der Waals surface area contributed by atoms with Crippen LogP contribution in [0.25, 0.3) is 0 Å². The predicted molar refractivity (Wildman–Crippen MR) is 104 cm³/mol. The average Bonchev–Trinajstić information content (AvgIpc) is 2.99. The van der Waals surface area contributed by atoms with Gasteiger partial charge in [0, 0.05) is 17.8 Å². The predicted octanol–water partition coefficient (Wildman–Crippen LogP) is 4.37. The summed E-state index contributed by atoms with van der Waals surface area (Å²) < 4.78 is 4.95. The molecule has 3 aromatic rings. The number of carbonyl (C=O) groups is 1. The minimum Gasteiger partial charge on any atom is -0.360 e. The Bertz CT molecular complexity index is 955. The lowest BCUT2D eigenvalue weighted by Crippen LogP contribution is -2.15. The molecular weight excluding hydrogens is 342 g/mol. The third-order valence-corrected chi connectivity index (χ3v) is 3.96. The molecule has 0 atom stereocenters. The van der Waals surface area contributed by atoms with Gasteiger partial charge in [0.05, 0.1) is 0 Å². The highest BCUT2D eigenvalue weighted by Crippen LogP contribution is 2.24. The molecule has 0 unspecified atom stereocenters. The van der Waals surface area contributed by atoms with E-state index in [9.17, 15) is 4.79 Å². The first-order valence-electron chi connectivity index (χ1n) is 8.68. The Morgan fingerprint density at radius 1 is 1.00 bits per heavy atom. The number of nitrogens with zero attached hydrogens (tertiary/aromatic N) is 3. The number of rotatable bonds is 4. The molecule has 2 N–H and O–H groups in total. The van der Waals surface area contributed by atoms with Crippen molar-refractivity contribution < 1.29 is 9.32 Å². The van der Waals surface area contributed by atoms with Crippen LogP contribution < -0.4 is 10.6 Å². The maximum absolute atomic E-state index is 12.4. The SMILES string of the molecule is Cc1nc(Nc2ccc(C(C)(C)C)cc2)cc(C(=O)Nc2cc(C)on2)n1. The molecule has 0 saturated heterocycles. The molecule has 3 rings (SSSR count). The van der Waals surface area contributed by atoms with Gasteiger partial charge in [0.2, 0.25) is 0 Å². The minimum absolute atomic E-state index is 0.0920. The van der Waals surface area contributed by atoms with Crippen LogP contribution in [-0.4, -0.2) is 21.0 Å². The summed E-state index contributed by atoms with van der Waals surface area (Å²) in [4.78, 5) is 21.0. The van der Waals surface area contributed by atoms with Gasteiger partial charge in [-0.05, 0) is 37.0 Å². The molecule has 0 aliphatic heterocycles. The van der Waals surface area contributed by atoms with Gasteiger partial charge in [0.25, 0.3) is 5.91 Å². The van der Waals surface area contributed by atoms with Crippen LogP contribution in [0.5, 0.6) is 0 Å². The number of aromatic nitrogens is 3. The molecule has 0 aliphatic carbocycles. The van der Waals surface area contributed by atoms with Gasteiger partial charge in [-0.15, -0.1) is 0 Å². The van der Waals surface area contributed by atoms with E-state index in [4.69, 9.17) is 4.52 Å². The number of carbonyl (C=O) groups excluding carboxylic acids is 1. The second-order valence-corrected chi connectivity index (χ2v) is 7.41. The largest absolute Gasteiger partial charge is 0.360 e. The fraction of sp³-hybridized carbons (Fsp3) is 0.300. The molecule has 0 bridgehead atoms. The fourth-order valence-corrected chi connectivity index (χ4v) is 2.56. The van der Waals surface area contributed by atoms with E-state index in [1.54, 1.807) is 26.0 Å². The van der Waals surface area contributed by atoms with Gasteiger partial charge in [0.15, 0.2) is 5.82 Å². The third-order valence-electron chi connectivity index (χ3n) is 3.96. The average molecular weight is 365 g/mol. The van der Waals surface area contributed by atoms with Crippen molar-refractivity contribution in [2.45, 2.75) is 40.0 Å². The molecule has 0 saturated carbocycles. The zero-order valence-corrected chi connectivity index (χ0v) is 16.1. The topological polar surface area (TPSA) is 92.9 Å². The molecule has 1 amide bonds. The van der Waals surface area contributed by atoms with Crippen molar-refractivity contribution in [1.82, 2.24) is 15.1 Å².